The minimum absolute atomic E-state index is 0.0285. The van der Waals surface area contributed by atoms with Crippen LogP contribution < -0.4 is 64.6 Å². The summed E-state index contributed by atoms with van der Waals surface area (Å²) in [4.78, 5) is 136. The number of amides is 11. The van der Waals surface area contributed by atoms with Gasteiger partial charge in [0.1, 0.15) is 42.0 Å². The van der Waals surface area contributed by atoms with Crippen LogP contribution in [0, 0.1) is 0 Å². The molecule has 1 rings (SSSR count). The Bertz CT molecular complexity index is 1820. The highest BCUT2D eigenvalue weighted by Gasteiger charge is 2.31. The van der Waals surface area contributed by atoms with Gasteiger partial charge in [-0.2, -0.15) is 0 Å². The average molecular weight is 927 g/mol. The molecule has 0 saturated carbocycles. The summed E-state index contributed by atoms with van der Waals surface area (Å²) in [5.74, 6) is -10.4. The lowest BCUT2D eigenvalue weighted by molar-refractivity contribution is -0.134. The third-order valence-corrected chi connectivity index (χ3v) is 8.72. The predicted molar refractivity (Wildman–Crippen MR) is 222 cm³/mol. The number of nitrogens with one attached hydrogen (secondary N) is 10. The van der Waals surface area contributed by atoms with E-state index in [0.29, 0.717) is 18.4 Å². The summed E-state index contributed by atoms with van der Waals surface area (Å²) in [7, 11) is 0. The van der Waals surface area contributed by atoms with E-state index in [1.54, 1.807) is 0 Å². The van der Waals surface area contributed by atoms with E-state index >= 15 is 0 Å². The molecular formula is C37H58N12O16. The van der Waals surface area contributed by atoms with E-state index in [1.165, 1.54) is 24.3 Å². The van der Waals surface area contributed by atoms with Gasteiger partial charge in [0.25, 0.3) is 0 Å². The molecule has 362 valence electrons. The van der Waals surface area contributed by atoms with Crippen molar-refractivity contribution in [1.82, 2.24) is 53.2 Å². The van der Waals surface area contributed by atoms with Gasteiger partial charge in [-0.25, -0.2) is 0 Å². The van der Waals surface area contributed by atoms with Crippen LogP contribution in [-0.2, 0) is 59.2 Å². The molecule has 65 heavy (non-hydrogen) atoms. The maximum absolute atomic E-state index is 13.2. The van der Waals surface area contributed by atoms with Crippen molar-refractivity contribution in [1.29, 1.82) is 0 Å². The summed E-state index contributed by atoms with van der Waals surface area (Å²) in [5.41, 5.74) is 11.0. The van der Waals surface area contributed by atoms with Crippen molar-refractivity contribution >= 4 is 65.0 Å². The number of aliphatic hydroxyl groups excluding tert-OH is 4. The first kappa shape index (κ1) is 56.0. The molecule has 0 radical (unpaired) electrons. The van der Waals surface area contributed by atoms with E-state index in [1.807, 2.05) is 0 Å². The fourth-order valence-corrected chi connectivity index (χ4v) is 5.22. The molecule has 19 N–H and O–H groups in total. The molecular weight excluding hydrogens is 868 g/mol. The van der Waals surface area contributed by atoms with E-state index in [0.717, 1.165) is 6.92 Å². The molecule has 0 fully saturated rings. The van der Waals surface area contributed by atoms with Gasteiger partial charge in [0.05, 0.1) is 52.6 Å². The largest absolute Gasteiger partial charge is 0.508 e. The molecule has 6 atom stereocenters. The number of aliphatic hydroxyl groups is 4. The first-order chi connectivity index (χ1) is 30.8. The molecule has 0 aliphatic rings. The zero-order valence-corrected chi connectivity index (χ0v) is 35.3. The number of phenols is 1. The molecule has 0 spiro atoms. The molecule has 0 aliphatic heterocycles. The standard InChI is InChI=1S/C37H58N12O16/c1-19(54)44-26(17-52)36(64)47-23(10-20-5-7-21(55)8-6-20)35(63)49-25(16-51)33(61)43-13-30(58)41-11-28(56)40-12-29(57)42-14-31(59)45-27(18-53)37(65)46-22(4-2-3-9-38)34(62)48-24(15-50)32(39)60/h5-8,22-27,50-53,55H,2-4,9-18,38H2,1H3,(H2,39,60)(H,40,56)(H,41,58)(H,42,57)(H,43,61)(H,44,54)(H,45,59)(H,46,65)(H,47,64)(H,48,62)(H,49,63)/t22-,23-,24-,25-,26-,27-/m0/s1. The van der Waals surface area contributed by atoms with Crippen LogP contribution in [-0.4, -0.2) is 186 Å². The van der Waals surface area contributed by atoms with Gasteiger partial charge < -0.3 is 90.2 Å². The van der Waals surface area contributed by atoms with E-state index in [4.69, 9.17) is 11.5 Å². The molecule has 1 aromatic rings. The molecule has 1 aromatic carbocycles. The van der Waals surface area contributed by atoms with Gasteiger partial charge in [0.15, 0.2) is 0 Å². The monoisotopic (exact) mass is 926 g/mol. The lowest BCUT2D eigenvalue weighted by Crippen LogP contribution is -2.58. The molecule has 28 heteroatoms. The maximum atomic E-state index is 13.2. The zero-order valence-electron chi connectivity index (χ0n) is 35.3. The minimum Gasteiger partial charge on any atom is -0.508 e. The SMILES string of the molecule is CC(=O)N[C@@H](CO)C(=O)N[C@@H](Cc1ccc(O)cc1)C(=O)N[C@@H](CO)C(=O)NCC(=O)NCC(=O)NCC(=O)NCC(=O)N[C@@H](CO)C(=O)N[C@@H](CCCCN)C(=O)N[C@@H](CO)C(N)=O. The van der Waals surface area contributed by atoms with Crippen LogP contribution in [0.4, 0.5) is 0 Å². The van der Waals surface area contributed by atoms with Crippen LogP contribution in [0.25, 0.3) is 0 Å². The Kier molecular flexibility index (Phi) is 26.0. The summed E-state index contributed by atoms with van der Waals surface area (Å²) < 4.78 is 0. The van der Waals surface area contributed by atoms with Crippen molar-refractivity contribution < 1.29 is 78.3 Å². The Morgan fingerprint density at radius 2 is 0.892 bits per heavy atom. The predicted octanol–water partition coefficient (Wildman–Crippen LogP) is -10.1. The van der Waals surface area contributed by atoms with Crippen LogP contribution in [0.5, 0.6) is 5.75 Å². The smallest absolute Gasteiger partial charge is 0.245 e. The molecule has 0 saturated heterocycles. The highest BCUT2D eigenvalue weighted by atomic mass is 16.3. The Balaban J connectivity index is 2.63. The third-order valence-electron chi connectivity index (χ3n) is 8.72. The number of nitrogens with two attached hydrogens (primary N) is 2. The number of carbonyl (C=O) groups is 11. The maximum Gasteiger partial charge on any atom is 0.245 e. The van der Waals surface area contributed by atoms with Gasteiger partial charge in [-0.3, -0.25) is 52.7 Å². The number of primary amides is 1. The highest BCUT2D eigenvalue weighted by Crippen LogP contribution is 2.12. The molecule has 0 bridgehead atoms. The van der Waals surface area contributed by atoms with Crippen molar-refractivity contribution in [3.8, 4) is 5.75 Å². The quantitative estimate of drug-likeness (QED) is 0.0319. The van der Waals surface area contributed by atoms with E-state index < -0.39 is 154 Å². The first-order valence-corrected chi connectivity index (χ1v) is 19.8. The van der Waals surface area contributed by atoms with Gasteiger partial charge in [-0.1, -0.05) is 12.1 Å². The summed E-state index contributed by atoms with van der Waals surface area (Å²) in [6, 6.07) is -3.36. The van der Waals surface area contributed by atoms with Crippen molar-refractivity contribution in [2.45, 2.75) is 68.9 Å². The molecule has 11 amide bonds. The Morgan fingerprint density at radius 1 is 0.492 bits per heavy atom. The van der Waals surface area contributed by atoms with Crippen LogP contribution in [0.1, 0.15) is 31.7 Å². The van der Waals surface area contributed by atoms with Crippen LogP contribution in [0.2, 0.25) is 0 Å². The van der Waals surface area contributed by atoms with Gasteiger partial charge in [-0.15, -0.1) is 0 Å². The molecule has 0 heterocycles. The Morgan fingerprint density at radius 3 is 1.37 bits per heavy atom. The summed E-state index contributed by atoms with van der Waals surface area (Å²) >= 11 is 0. The van der Waals surface area contributed by atoms with E-state index in [2.05, 4.69) is 53.2 Å². The number of phenolic OH excluding ortho intramolecular Hbond substituents is 1. The number of aromatic hydroxyl groups is 1. The van der Waals surface area contributed by atoms with Crippen molar-refractivity contribution in [3.05, 3.63) is 29.8 Å². The van der Waals surface area contributed by atoms with Crippen LogP contribution in [0.3, 0.4) is 0 Å². The number of carbonyl (C=O) groups excluding carboxylic acids is 11. The second kappa shape index (κ2) is 30.1. The minimum atomic E-state index is -1.66. The van der Waals surface area contributed by atoms with Crippen molar-refractivity contribution in [2.24, 2.45) is 11.5 Å². The lowest BCUT2D eigenvalue weighted by Gasteiger charge is -2.24. The number of unbranched alkanes of at least 4 members (excludes halogenated alkanes) is 1. The zero-order chi connectivity index (χ0) is 49.1. The number of hydrogen-bond donors (Lipinski definition) is 17. The first-order valence-electron chi connectivity index (χ1n) is 19.8. The molecule has 0 unspecified atom stereocenters. The van der Waals surface area contributed by atoms with Gasteiger partial charge in [0.2, 0.25) is 65.0 Å². The summed E-state index contributed by atoms with van der Waals surface area (Å²) in [6.07, 6.45) is 0.632. The van der Waals surface area contributed by atoms with Gasteiger partial charge >= 0.3 is 0 Å². The number of hydrogen-bond acceptors (Lipinski definition) is 17. The van der Waals surface area contributed by atoms with E-state index in [-0.39, 0.29) is 25.1 Å². The second-order valence-corrected chi connectivity index (χ2v) is 14.0. The van der Waals surface area contributed by atoms with Crippen molar-refractivity contribution in [3.63, 3.8) is 0 Å². The fraction of sp³-hybridized carbons (Fsp3) is 0.541. The Labute approximate surface area is 371 Å². The number of benzene rings is 1. The van der Waals surface area contributed by atoms with E-state index in [9.17, 15) is 78.3 Å². The highest BCUT2D eigenvalue weighted by molar-refractivity contribution is 5.97. The summed E-state index contributed by atoms with van der Waals surface area (Å²) in [5, 5.41) is 70.0. The topological polar surface area (TPSA) is 461 Å². The van der Waals surface area contributed by atoms with Crippen molar-refractivity contribution in [2.75, 3.05) is 59.2 Å². The molecule has 0 aromatic heterocycles. The lowest BCUT2D eigenvalue weighted by atomic mass is 10.0. The molecule has 0 aliphatic carbocycles. The fourth-order valence-electron chi connectivity index (χ4n) is 5.22. The number of rotatable bonds is 30. The van der Waals surface area contributed by atoms with Crippen LogP contribution in [0.15, 0.2) is 24.3 Å². The van der Waals surface area contributed by atoms with Gasteiger partial charge in [0, 0.05) is 13.3 Å². The van der Waals surface area contributed by atoms with Gasteiger partial charge in [-0.05, 0) is 43.5 Å². The molecule has 28 nitrogen and oxygen atoms in total. The third kappa shape index (κ3) is 22.3. The normalized spacial score (nSPS) is 13.4. The summed E-state index contributed by atoms with van der Waals surface area (Å²) in [6.45, 7) is -5.07. The average Bonchev–Trinajstić information content (AvgIpc) is 3.27. The Hall–Kier alpha value is -7.01. The second-order valence-electron chi connectivity index (χ2n) is 14.0. The van der Waals surface area contributed by atoms with Crippen LogP contribution >= 0.6 is 0 Å².